The van der Waals surface area contributed by atoms with Gasteiger partial charge in [-0.1, -0.05) is 6.42 Å². The predicted molar refractivity (Wildman–Crippen MR) is 92.4 cm³/mol. The van der Waals surface area contributed by atoms with Crippen LogP contribution in [0.25, 0.3) is 0 Å². The summed E-state index contributed by atoms with van der Waals surface area (Å²) >= 11 is 1.60. The lowest BCUT2D eigenvalue weighted by Gasteiger charge is -2.50. The van der Waals surface area contributed by atoms with E-state index < -0.39 is 12.1 Å². The second-order valence-electron chi connectivity index (χ2n) is 6.71. The van der Waals surface area contributed by atoms with Crippen LogP contribution in [0.1, 0.15) is 42.5 Å². The van der Waals surface area contributed by atoms with E-state index in [0.717, 1.165) is 31.5 Å². The summed E-state index contributed by atoms with van der Waals surface area (Å²) < 4.78 is 31.7. The van der Waals surface area contributed by atoms with Gasteiger partial charge in [-0.2, -0.15) is 24.5 Å². The standard InChI is InChI=1S/C15H22N2OS.C2HF3O2/c1-16-8-3-2-5-15(16)6-9-17(10-7-15)14(18)13-4-11-19-12-13;3-2(4,5)1(6)7/h4,11-12H,2-3,5-10H2,1H3;(H,6,7). The Bertz CT molecular complexity index is 611. The number of piperidine rings is 2. The van der Waals surface area contributed by atoms with E-state index in [9.17, 15) is 18.0 Å². The van der Waals surface area contributed by atoms with Crippen LogP contribution in [0.4, 0.5) is 13.2 Å². The topological polar surface area (TPSA) is 60.9 Å². The summed E-state index contributed by atoms with van der Waals surface area (Å²) in [6.45, 7) is 3.05. The first-order valence-corrected chi connectivity index (χ1v) is 9.43. The zero-order valence-electron chi connectivity index (χ0n) is 14.6. The first kappa shape index (κ1) is 20.7. The van der Waals surface area contributed by atoms with Gasteiger partial charge in [0.25, 0.3) is 5.91 Å². The Kier molecular flexibility index (Phi) is 6.68. The van der Waals surface area contributed by atoms with E-state index >= 15 is 0 Å². The summed E-state index contributed by atoms with van der Waals surface area (Å²) in [5.74, 6) is -2.54. The molecule has 0 radical (unpaired) electrons. The largest absolute Gasteiger partial charge is 0.490 e. The molecule has 1 N–H and O–H groups in total. The van der Waals surface area contributed by atoms with Crippen molar-refractivity contribution in [3.8, 4) is 0 Å². The molecule has 3 rings (SSSR count). The van der Waals surface area contributed by atoms with Gasteiger partial charge in [0.05, 0.1) is 5.56 Å². The number of nitrogens with zero attached hydrogens (tertiary/aromatic N) is 2. The number of rotatable bonds is 1. The number of carbonyl (C=O) groups excluding carboxylic acids is 1. The third-order valence-corrected chi connectivity index (χ3v) is 5.87. The molecule has 9 heteroatoms. The lowest BCUT2D eigenvalue weighted by molar-refractivity contribution is -0.192. The third-order valence-electron chi connectivity index (χ3n) is 5.19. The Morgan fingerprint density at radius 3 is 2.23 bits per heavy atom. The highest BCUT2D eigenvalue weighted by Gasteiger charge is 2.40. The average Bonchev–Trinajstić information content (AvgIpc) is 3.12. The molecule has 0 saturated carbocycles. The Balaban J connectivity index is 0.000000298. The number of carboxylic acid groups (broad SMARTS) is 1. The van der Waals surface area contributed by atoms with Crippen LogP contribution >= 0.6 is 11.3 Å². The highest BCUT2D eigenvalue weighted by Crippen LogP contribution is 2.36. The number of carboxylic acids is 1. The van der Waals surface area contributed by atoms with Gasteiger partial charge in [-0.05, 0) is 50.7 Å². The van der Waals surface area contributed by atoms with E-state index in [-0.39, 0.29) is 5.91 Å². The summed E-state index contributed by atoms with van der Waals surface area (Å²) in [5, 5.41) is 11.1. The summed E-state index contributed by atoms with van der Waals surface area (Å²) in [7, 11) is 2.26. The molecule has 0 bridgehead atoms. The maximum Gasteiger partial charge on any atom is 0.490 e. The maximum absolute atomic E-state index is 12.3. The molecule has 1 aromatic rings. The minimum absolute atomic E-state index is 0.217. The van der Waals surface area contributed by atoms with E-state index in [1.165, 1.54) is 25.8 Å². The van der Waals surface area contributed by atoms with Crippen molar-refractivity contribution in [2.75, 3.05) is 26.7 Å². The predicted octanol–water partition coefficient (Wildman–Crippen LogP) is 3.47. The normalized spacial score (nSPS) is 20.4. The smallest absolute Gasteiger partial charge is 0.475 e. The quantitative estimate of drug-likeness (QED) is 0.795. The Hall–Kier alpha value is -1.61. The molecule has 0 aromatic carbocycles. The van der Waals surface area contributed by atoms with Gasteiger partial charge in [-0.15, -0.1) is 0 Å². The van der Waals surface area contributed by atoms with E-state index in [4.69, 9.17) is 9.90 Å². The first-order valence-electron chi connectivity index (χ1n) is 8.48. The van der Waals surface area contributed by atoms with E-state index in [1.54, 1.807) is 11.3 Å². The lowest BCUT2D eigenvalue weighted by Crippen LogP contribution is -2.56. The van der Waals surface area contributed by atoms with Crippen LogP contribution in [0.5, 0.6) is 0 Å². The highest BCUT2D eigenvalue weighted by atomic mass is 32.1. The maximum atomic E-state index is 12.3. The molecule has 2 aliphatic heterocycles. The molecule has 0 atom stereocenters. The summed E-state index contributed by atoms with van der Waals surface area (Å²) in [5.41, 5.74) is 1.24. The SMILES string of the molecule is CN1CCCCC12CCN(C(=O)c1ccsc1)CC2.O=C(O)C(F)(F)F. The van der Waals surface area contributed by atoms with Crippen LogP contribution in [-0.2, 0) is 4.79 Å². The highest BCUT2D eigenvalue weighted by molar-refractivity contribution is 7.08. The molecule has 2 saturated heterocycles. The second-order valence-corrected chi connectivity index (χ2v) is 7.49. The lowest BCUT2D eigenvalue weighted by atomic mass is 9.79. The van der Waals surface area contributed by atoms with Crippen LogP contribution in [0.3, 0.4) is 0 Å². The van der Waals surface area contributed by atoms with Gasteiger partial charge in [-0.25, -0.2) is 4.79 Å². The van der Waals surface area contributed by atoms with Crippen LogP contribution < -0.4 is 0 Å². The first-order chi connectivity index (χ1) is 12.2. The van der Waals surface area contributed by atoms with Gasteiger partial charge in [0.1, 0.15) is 0 Å². The van der Waals surface area contributed by atoms with Crippen molar-refractivity contribution in [3.05, 3.63) is 22.4 Å². The Labute approximate surface area is 154 Å². The number of thiophene rings is 1. The van der Waals surface area contributed by atoms with Crippen molar-refractivity contribution in [2.45, 2.75) is 43.8 Å². The fourth-order valence-electron chi connectivity index (χ4n) is 3.56. The van der Waals surface area contributed by atoms with Crippen LogP contribution in [0, 0.1) is 0 Å². The van der Waals surface area contributed by atoms with Gasteiger partial charge < -0.3 is 14.9 Å². The van der Waals surface area contributed by atoms with Crippen molar-refractivity contribution in [1.82, 2.24) is 9.80 Å². The number of amides is 1. The van der Waals surface area contributed by atoms with Gasteiger partial charge in [0.2, 0.25) is 0 Å². The molecule has 1 amide bonds. The zero-order chi connectivity index (χ0) is 19.4. The van der Waals surface area contributed by atoms with E-state index in [2.05, 4.69) is 11.9 Å². The molecule has 5 nitrogen and oxygen atoms in total. The molecule has 26 heavy (non-hydrogen) atoms. The fourth-order valence-corrected chi connectivity index (χ4v) is 4.19. The van der Waals surface area contributed by atoms with Crippen molar-refractivity contribution in [3.63, 3.8) is 0 Å². The fraction of sp³-hybridized carbons (Fsp3) is 0.647. The third kappa shape index (κ3) is 4.97. The zero-order valence-corrected chi connectivity index (χ0v) is 15.4. The summed E-state index contributed by atoms with van der Waals surface area (Å²) in [6, 6.07) is 1.93. The van der Waals surface area contributed by atoms with E-state index in [1.807, 2.05) is 21.7 Å². The number of carbonyl (C=O) groups is 2. The van der Waals surface area contributed by atoms with E-state index in [0.29, 0.717) is 5.54 Å². The van der Waals surface area contributed by atoms with Gasteiger partial charge >= 0.3 is 12.1 Å². The molecule has 1 spiro atoms. The number of alkyl halides is 3. The molecule has 1 aromatic heterocycles. The number of hydrogen-bond donors (Lipinski definition) is 1. The molecular weight excluding hydrogens is 369 g/mol. The monoisotopic (exact) mass is 392 g/mol. The minimum atomic E-state index is -5.08. The molecule has 3 heterocycles. The van der Waals surface area contributed by atoms with Crippen LogP contribution in [-0.4, -0.2) is 65.2 Å². The van der Waals surface area contributed by atoms with Crippen molar-refractivity contribution in [1.29, 1.82) is 0 Å². The van der Waals surface area contributed by atoms with Gasteiger partial charge in [0, 0.05) is 24.0 Å². The van der Waals surface area contributed by atoms with Crippen molar-refractivity contribution in [2.24, 2.45) is 0 Å². The van der Waals surface area contributed by atoms with Crippen molar-refractivity contribution >= 4 is 23.2 Å². The summed E-state index contributed by atoms with van der Waals surface area (Å²) in [4.78, 5) is 25.8. The van der Waals surface area contributed by atoms with Gasteiger partial charge in [-0.3, -0.25) is 4.79 Å². The number of aliphatic carboxylic acids is 1. The number of likely N-dealkylation sites (tertiary alicyclic amines) is 2. The number of halogens is 3. The molecule has 146 valence electrons. The van der Waals surface area contributed by atoms with Gasteiger partial charge in [0.15, 0.2) is 0 Å². The second kappa shape index (κ2) is 8.39. The molecular formula is C17H23F3N2O3S. The Morgan fingerprint density at radius 2 is 1.77 bits per heavy atom. The average molecular weight is 392 g/mol. The molecule has 2 fully saturated rings. The number of hydrogen-bond acceptors (Lipinski definition) is 4. The molecule has 0 unspecified atom stereocenters. The molecule has 2 aliphatic rings. The van der Waals surface area contributed by atoms with Crippen LogP contribution in [0.2, 0.25) is 0 Å². The van der Waals surface area contributed by atoms with Crippen LogP contribution in [0.15, 0.2) is 16.8 Å². The van der Waals surface area contributed by atoms with Crippen molar-refractivity contribution < 1.29 is 27.9 Å². The molecule has 0 aliphatic carbocycles. The Morgan fingerprint density at radius 1 is 1.15 bits per heavy atom. The summed E-state index contributed by atoms with van der Waals surface area (Å²) in [6.07, 6.45) is 1.18. The minimum Gasteiger partial charge on any atom is -0.475 e.